The Labute approximate surface area is 134 Å². The SMILES string of the molecule is CCCCC(C#N)(Cn1cncn1)c1ccc(Cl)cc1Cl. The first-order valence-electron chi connectivity index (χ1n) is 6.80. The number of unbranched alkanes of at least 4 members (excludes halogenated alkanes) is 1. The number of nitrogens with zero attached hydrogens (tertiary/aromatic N) is 4. The maximum Gasteiger partial charge on any atom is 0.137 e. The molecule has 1 heterocycles. The summed E-state index contributed by atoms with van der Waals surface area (Å²) in [6.07, 6.45) is 5.72. The fourth-order valence-electron chi connectivity index (χ4n) is 2.40. The molecule has 2 rings (SSSR count). The van der Waals surface area contributed by atoms with Gasteiger partial charge in [0.15, 0.2) is 0 Å². The third-order valence-corrected chi connectivity index (χ3v) is 4.06. The maximum atomic E-state index is 9.85. The predicted molar refractivity (Wildman–Crippen MR) is 83.3 cm³/mol. The van der Waals surface area contributed by atoms with Crippen LogP contribution in [0.2, 0.25) is 10.0 Å². The first kappa shape index (κ1) is 15.8. The van der Waals surface area contributed by atoms with Gasteiger partial charge >= 0.3 is 0 Å². The zero-order valence-electron chi connectivity index (χ0n) is 11.8. The van der Waals surface area contributed by atoms with E-state index in [1.165, 1.54) is 6.33 Å². The second-order valence-corrected chi connectivity index (χ2v) is 5.86. The van der Waals surface area contributed by atoms with Crippen molar-refractivity contribution in [3.63, 3.8) is 0 Å². The fraction of sp³-hybridized carbons (Fsp3) is 0.400. The first-order valence-corrected chi connectivity index (χ1v) is 7.56. The van der Waals surface area contributed by atoms with E-state index in [4.69, 9.17) is 23.2 Å². The minimum Gasteiger partial charge on any atom is -0.251 e. The molecule has 0 amide bonds. The molecule has 1 aromatic carbocycles. The minimum absolute atomic E-state index is 0.421. The molecule has 0 saturated carbocycles. The Morgan fingerprint density at radius 1 is 1.38 bits per heavy atom. The van der Waals surface area contributed by atoms with Crippen LogP contribution in [0, 0.1) is 11.3 Å². The number of aromatic nitrogens is 3. The van der Waals surface area contributed by atoms with Gasteiger partial charge in [-0.25, -0.2) is 4.98 Å². The van der Waals surface area contributed by atoms with Crippen molar-refractivity contribution in [3.8, 4) is 6.07 Å². The summed E-state index contributed by atoms with van der Waals surface area (Å²) in [4.78, 5) is 3.94. The number of hydrogen-bond acceptors (Lipinski definition) is 3. The normalized spacial score (nSPS) is 13.6. The van der Waals surface area contributed by atoms with Gasteiger partial charge < -0.3 is 0 Å². The molecule has 0 aliphatic rings. The minimum atomic E-state index is -0.731. The standard InChI is InChI=1S/C15H16Cl2N4/c1-2-3-6-15(8-18,9-21-11-19-10-20-21)13-5-4-12(16)7-14(13)17/h4-5,7,10-11H,2-3,6,9H2,1H3. The van der Waals surface area contributed by atoms with Crippen molar-refractivity contribution in [3.05, 3.63) is 46.5 Å². The van der Waals surface area contributed by atoms with E-state index in [2.05, 4.69) is 23.1 Å². The topological polar surface area (TPSA) is 54.5 Å². The van der Waals surface area contributed by atoms with Gasteiger partial charge in [-0.3, -0.25) is 4.68 Å². The highest BCUT2D eigenvalue weighted by molar-refractivity contribution is 6.35. The van der Waals surface area contributed by atoms with Crippen molar-refractivity contribution in [1.82, 2.24) is 14.8 Å². The Morgan fingerprint density at radius 3 is 2.76 bits per heavy atom. The van der Waals surface area contributed by atoms with Gasteiger partial charge in [-0.15, -0.1) is 0 Å². The fourth-order valence-corrected chi connectivity index (χ4v) is 2.99. The average molecular weight is 323 g/mol. The molecule has 2 aromatic rings. The van der Waals surface area contributed by atoms with Gasteiger partial charge in [0.2, 0.25) is 0 Å². The molecule has 0 bridgehead atoms. The zero-order valence-corrected chi connectivity index (χ0v) is 13.3. The molecule has 0 radical (unpaired) electrons. The highest BCUT2D eigenvalue weighted by atomic mass is 35.5. The van der Waals surface area contributed by atoms with Crippen molar-refractivity contribution in [2.75, 3.05) is 0 Å². The highest BCUT2D eigenvalue weighted by Gasteiger charge is 2.34. The lowest BCUT2D eigenvalue weighted by atomic mass is 9.77. The van der Waals surface area contributed by atoms with Crippen molar-refractivity contribution in [1.29, 1.82) is 5.26 Å². The van der Waals surface area contributed by atoms with E-state index < -0.39 is 5.41 Å². The maximum absolute atomic E-state index is 9.85. The van der Waals surface area contributed by atoms with Crippen LogP contribution in [0.25, 0.3) is 0 Å². The molecule has 0 aliphatic heterocycles. The number of rotatable bonds is 6. The summed E-state index contributed by atoms with van der Waals surface area (Å²) in [6.45, 7) is 2.52. The third kappa shape index (κ3) is 3.55. The highest BCUT2D eigenvalue weighted by Crippen LogP contribution is 2.37. The van der Waals surface area contributed by atoms with Crippen LogP contribution >= 0.6 is 23.2 Å². The number of nitriles is 1. The molecule has 1 unspecified atom stereocenters. The lowest BCUT2D eigenvalue weighted by molar-refractivity contribution is 0.390. The molecule has 0 aliphatic carbocycles. The summed E-state index contributed by atoms with van der Waals surface area (Å²) in [6, 6.07) is 7.73. The van der Waals surface area contributed by atoms with Crippen LogP contribution < -0.4 is 0 Å². The Kier molecular flexibility index (Phi) is 5.22. The zero-order chi connectivity index (χ0) is 15.3. The van der Waals surface area contributed by atoms with Crippen molar-refractivity contribution in [2.24, 2.45) is 0 Å². The summed E-state index contributed by atoms with van der Waals surface area (Å²) in [7, 11) is 0. The molecule has 0 N–H and O–H groups in total. The van der Waals surface area contributed by atoms with Crippen molar-refractivity contribution >= 4 is 23.2 Å². The van der Waals surface area contributed by atoms with E-state index in [-0.39, 0.29) is 0 Å². The number of benzene rings is 1. The third-order valence-electron chi connectivity index (χ3n) is 3.52. The van der Waals surface area contributed by atoms with Crippen LogP contribution in [-0.4, -0.2) is 14.8 Å². The van der Waals surface area contributed by atoms with Gasteiger partial charge in [0, 0.05) is 10.0 Å². The molecular formula is C15H16Cl2N4. The van der Waals surface area contributed by atoms with Gasteiger partial charge in [0.1, 0.15) is 18.1 Å². The van der Waals surface area contributed by atoms with Gasteiger partial charge in [-0.05, 0) is 24.1 Å². The lowest BCUT2D eigenvalue weighted by Gasteiger charge is -2.28. The summed E-state index contributed by atoms with van der Waals surface area (Å²) in [5, 5.41) is 15.0. The quantitative estimate of drug-likeness (QED) is 0.799. The average Bonchev–Trinajstić information content (AvgIpc) is 2.96. The van der Waals surface area contributed by atoms with Crippen molar-refractivity contribution < 1.29 is 0 Å². The largest absolute Gasteiger partial charge is 0.251 e. The van der Waals surface area contributed by atoms with Crippen LogP contribution in [0.1, 0.15) is 31.7 Å². The van der Waals surface area contributed by atoms with E-state index in [0.29, 0.717) is 23.0 Å². The molecule has 1 aromatic heterocycles. The van der Waals surface area contributed by atoms with Crippen LogP contribution in [0.5, 0.6) is 0 Å². The van der Waals surface area contributed by atoms with Gasteiger partial charge in [-0.1, -0.05) is 49.0 Å². The summed E-state index contributed by atoms with van der Waals surface area (Å²) in [5.41, 5.74) is 0.0609. The van der Waals surface area contributed by atoms with Gasteiger partial charge in [-0.2, -0.15) is 10.4 Å². The van der Waals surface area contributed by atoms with Gasteiger partial charge in [0.05, 0.1) is 12.6 Å². The summed E-state index contributed by atoms with van der Waals surface area (Å²) < 4.78 is 1.67. The van der Waals surface area contributed by atoms with E-state index in [1.807, 2.05) is 6.07 Å². The summed E-state index contributed by atoms with van der Waals surface area (Å²) in [5.74, 6) is 0. The van der Waals surface area contributed by atoms with E-state index in [9.17, 15) is 5.26 Å². The molecule has 21 heavy (non-hydrogen) atoms. The Balaban J connectivity index is 2.45. The lowest BCUT2D eigenvalue weighted by Crippen LogP contribution is -2.31. The first-order chi connectivity index (χ1) is 10.1. The van der Waals surface area contributed by atoms with Gasteiger partial charge in [0.25, 0.3) is 0 Å². The molecule has 0 saturated heterocycles. The summed E-state index contributed by atoms with van der Waals surface area (Å²) >= 11 is 12.3. The molecule has 6 heteroatoms. The number of hydrogen-bond donors (Lipinski definition) is 0. The Bertz CT molecular complexity index is 634. The number of halogens is 2. The van der Waals surface area contributed by atoms with Crippen LogP contribution in [0.15, 0.2) is 30.9 Å². The molecular weight excluding hydrogens is 307 g/mol. The predicted octanol–water partition coefficient (Wildman–Crippen LogP) is 4.24. The second kappa shape index (κ2) is 6.93. The second-order valence-electron chi connectivity index (χ2n) is 5.01. The Hall–Kier alpha value is -1.57. The monoisotopic (exact) mass is 322 g/mol. The Morgan fingerprint density at radius 2 is 2.19 bits per heavy atom. The van der Waals surface area contributed by atoms with E-state index in [1.54, 1.807) is 23.1 Å². The van der Waals surface area contributed by atoms with E-state index >= 15 is 0 Å². The molecule has 4 nitrogen and oxygen atoms in total. The molecule has 1 atom stereocenters. The van der Waals surface area contributed by atoms with Crippen LogP contribution in [-0.2, 0) is 12.0 Å². The molecule has 110 valence electrons. The molecule has 0 fully saturated rings. The molecule has 0 spiro atoms. The van der Waals surface area contributed by atoms with Crippen molar-refractivity contribution in [2.45, 2.75) is 38.1 Å². The van der Waals surface area contributed by atoms with Crippen LogP contribution in [0.4, 0.5) is 0 Å². The van der Waals surface area contributed by atoms with E-state index in [0.717, 1.165) is 18.4 Å². The smallest absolute Gasteiger partial charge is 0.137 e. The van der Waals surface area contributed by atoms with Crippen LogP contribution in [0.3, 0.4) is 0 Å².